The summed E-state index contributed by atoms with van der Waals surface area (Å²) in [6.07, 6.45) is 13.3. The van der Waals surface area contributed by atoms with Gasteiger partial charge in [-0.05, 0) is 93.6 Å². The summed E-state index contributed by atoms with van der Waals surface area (Å²) >= 11 is 0. The highest BCUT2D eigenvalue weighted by atomic mass is 16.3. The summed E-state index contributed by atoms with van der Waals surface area (Å²) in [6, 6.07) is 0. The van der Waals surface area contributed by atoms with Crippen LogP contribution in [0.5, 0.6) is 0 Å². The fourth-order valence-electron chi connectivity index (χ4n) is 7.55. The van der Waals surface area contributed by atoms with Gasteiger partial charge in [0.1, 0.15) is 0 Å². The van der Waals surface area contributed by atoms with Crippen molar-refractivity contribution in [1.82, 2.24) is 9.78 Å². The topological polar surface area (TPSA) is 55.1 Å². The lowest BCUT2D eigenvalue weighted by atomic mass is 9.48. The van der Waals surface area contributed by atoms with Crippen molar-refractivity contribution in [2.45, 2.75) is 85.3 Å². The molecule has 0 radical (unpaired) electrons. The lowest BCUT2D eigenvalue weighted by Gasteiger charge is -2.56. The van der Waals surface area contributed by atoms with Crippen LogP contribution in [0.15, 0.2) is 23.4 Å². The first-order valence-corrected chi connectivity index (χ1v) is 11.9. The molecule has 1 aromatic heterocycles. The number of carbonyl (C=O) groups is 1. The Morgan fingerprint density at radius 2 is 1.97 bits per heavy atom. The largest absolute Gasteiger partial charge is 0.393 e. The van der Waals surface area contributed by atoms with Gasteiger partial charge in [-0.2, -0.15) is 5.10 Å². The molecular formula is C26H36N2O2. The zero-order valence-corrected chi connectivity index (χ0v) is 18.9. The number of aliphatic hydroxyl groups is 1. The molecule has 0 saturated heterocycles. The minimum atomic E-state index is -0.211. The van der Waals surface area contributed by atoms with Crippen LogP contribution in [0.4, 0.5) is 0 Å². The van der Waals surface area contributed by atoms with E-state index in [-0.39, 0.29) is 16.9 Å². The average molecular weight is 409 g/mol. The molecule has 4 nitrogen and oxygen atoms in total. The van der Waals surface area contributed by atoms with Crippen molar-refractivity contribution in [2.24, 2.45) is 28.6 Å². The normalized spacial score (nSPS) is 42.0. The van der Waals surface area contributed by atoms with Crippen LogP contribution in [-0.4, -0.2) is 26.8 Å². The van der Waals surface area contributed by atoms with Crippen molar-refractivity contribution < 1.29 is 9.90 Å². The van der Waals surface area contributed by atoms with Crippen LogP contribution in [0.25, 0.3) is 6.08 Å². The highest BCUT2D eigenvalue weighted by molar-refractivity contribution is 6.06. The Morgan fingerprint density at radius 3 is 2.70 bits per heavy atom. The van der Waals surface area contributed by atoms with Gasteiger partial charge in [-0.1, -0.05) is 25.5 Å². The molecule has 30 heavy (non-hydrogen) atoms. The third-order valence-corrected chi connectivity index (χ3v) is 9.49. The van der Waals surface area contributed by atoms with E-state index >= 15 is 0 Å². The Bertz CT molecular complexity index is 941. The Morgan fingerprint density at radius 1 is 1.20 bits per heavy atom. The SMILES string of the molecule is CCn1ncc(/C=C2/CC3C4CC=C5CC(O)CCC5(C)C4CCC3(C)C2=O)c1C. The van der Waals surface area contributed by atoms with E-state index in [9.17, 15) is 9.90 Å². The predicted octanol–water partition coefficient (Wildman–Crippen LogP) is 5.10. The molecule has 6 unspecified atom stereocenters. The van der Waals surface area contributed by atoms with Gasteiger partial charge in [0, 0.05) is 23.2 Å². The molecule has 1 heterocycles. The minimum absolute atomic E-state index is 0.162. The summed E-state index contributed by atoms with van der Waals surface area (Å²) in [7, 11) is 0. The van der Waals surface area contributed by atoms with Gasteiger partial charge in [-0.15, -0.1) is 0 Å². The lowest BCUT2D eigenvalue weighted by Crippen LogP contribution is -2.50. The smallest absolute Gasteiger partial charge is 0.165 e. The molecule has 1 aromatic rings. The summed E-state index contributed by atoms with van der Waals surface area (Å²) in [5.41, 5.74) is 4.76. The maximum absolute atomic E-state index is 13.6. The Kier molecular flexibility index (Phi) is 4.66. The quantitative estimate of drug-likeness (QED) is 0.547. The first kappa shape index (κ1) is 20.2. The second-order valence-corrected chi connectivity index (χ2v) is 10.8. The summed E-state index contributed by atoms with van der Waals surface area (Å²) in [6.45, 7) is 9.74. The highest BCUT2D eigenvalue weighted by Gasteiger charge is 2.59. The maximum atomic E-state index is 13.6. The molecule has 162 valence electrons. The third kappa shape index (κ3) is 2.75. The van der Waals surface area contributed by atoms with Crippen molar-refractivity contribution in [2.75, 3.05) is 0 Å². The zero-order chi connectivity index (χ0) is 21.3. The molecule has 3 saturated carbocycles. The van der Waals surface area contributed by atoms with Gasteiger partial charge in [-0.3, -0.25) is 9.48 Å². The number of allylic oxidation sites excluding steroid dienone is 2. The molecular weight excluding hydrogens is 372 g/mol. The van der Waals surface area contributed by atoms with Crippen LogP contribution in [0.2, 0.25) is 0 Å². The molecule has 5 rings (SSSR count). The number of rotatable bonds is 2. The van der Waals surface area contributed by atoms with Gasteiger partial charge >= 0.3 is 0 Å². The number of fused-ring (bicyclic) bond motifs is 5. The lowest BCUT2D eigenvalue weighted by molar-refractivity contribution is -0.130. The summed E-state index contributed by atoms with van der Waals surface area (Å²) in [5.74, 6) is 2.06. The summed E-state index contributed by atoms with van der Waals surface area (Å²) in [5, 5.41) is 14.7. The van der Waals surface area contributed by atoms with E-state index in [1.165, 1.54) is 5.57 Å². The molecule has 3 fully saturated rings. The van der Waals surface area contributed by atoms with Crippen LogP contribution in [-0.2, 0) is 11.3 Å². The molecule has 6 atom stereocenters. The Balaban J connectivity index is 1.48. The highest BCUT2D eigenvalue weighted by Crippen LogP contribution is 2.64. The van der Waals surface area contributed by atoms with Gasteiger partial charge in [0.05, 0.1) is 12.3 Å². The first-order valence-electron chi connectivity index (χ1n) is 11.9. The molecule has 0 amide bonds. The van der Waals surface area contributed by atoms with Crippen LogP contribution in [0.3, 0.4) is 0 Å². The second kappa shape index (κ2) is 6.91. The molecule has 0 aliphatic heterocycles. The van der Waals surface area contributed by atoms with E-state index < -0.39 is 0 Å². The molecule has 4 aliphatic carbocycles. The number of hydrogen-bond donors (Lipinski definition) is 1. The molecule has 4 aliphatic rings. The van der Waals surface area contributed by atoms with Crippen molar-refractivity contribution >= 4 is 11.9 Å². The van der Waals surface area contributed by atoms with Crippen LogP contribution in [0, 0.1) is 35.5 Å². The summed E-state index contributed by atoms with van der Waals surface area (Å²) in [4.78, 5) is 13.6. The third-order valence-electron chi connectivity index (χ3n) is 9.49. The molecule has 0 bridgehead atoms. The van der Waals surface area contributed by atoms with Gasteiger partial charge in [-0.25, -0.2) is 0 Å². The standard InChI is InChI=1S/C26H36N2O2/c1-5-28-16(2)18(15-27-28)12-17-13-23-21-7-6-19-14-20(29)8-10-25(19,3)22(21)9-11-26(23,4)24(17)30/h6,12,15,20-23,29H,5,7-11,13-14H2,1-4H3/b17-12-. The molecule has 0 spiro atoms. The zero-order valence-electron chi connectivity index (χ0n) is 18.9. The second-order valence-electron chi connectivity index (χ2n) is 10.8. The Labute approximate surface area is 180 Å². The van der Waals surface area contributed by atoms with Crippen LogP contribution in [0.1, 0.15) is 77.0 Å². The van der Waals surface area contributed by atoms with E-state index in [4.69, 9.17) is 0 Å². The first-order chi connectivity index (χ1) is 14.3. The van der Waals surface area contributed by atoms with E-state index in [0.29, 0.717) is 23.5 Å². The fraction of sp³-hybridized carbons (Fsp3) is 0.692. The number of aryl methyl sites for hydroxylation is 1. The predicted molar refractivity (Wildman–Crippen MR) is 119 cm³/mol. The minimum Gasteiger partial charge on any atom is -0.393 e. The van der Waals surface area contributed by atoms with Gasteiger partial charge in [0.15, 0.2) is 5.78 Å². The number of carbonyl (C=O) groups excluding carboxylic acids is 1. The summed E-state index contributed by atoms with van der Waals surface area (Å²) < 4.78 is 2.00. The van der Waals surface area contributed by atoms with Crippen molar-refractivity contribution in [3.63, 3.8) is 0 Å². The van der Waals surface area contributed by atoms with Gasteiger partial charge in [0.2, 0.25) is 0 Å². The van der Waals surface area contributed by atoms with Gasteiger partial charge in [0.25, 0.3) is 0 Å². The number of aromatic nitrogens is 2. The average Bonchev–Trinajstić information content (AvgIpc) is 3.20. The number of ketones is 1. The van der Waals surface area contributed by atoms with Crippen LogP contribution < -0.4 is 0 Å². The van der Waals surface area contributed by atoms with E-state index in [1.807, 2.05) is 10.9 Å². The van der Waals surface area contributed by atoms with Crippen molar-refractivity contribution in [1.29, 1.82) is 0 Å². The maximum Gasteiger partial charge on any atom is 0.165 e. The molecule has 4 heteroatoms. The van der Waals surface area contributed by atoms with Crippen LogP contribution >= 0.6 is 0 Å². The monoisotopic (exact) mass is 408 g/mol. The number of aliphatic hydroxyl groups excluding tert-OH is 1. The molecule has 1 N–H and O–H groups in total. The number of Topliss-reactive ketones (excluding diaryl/α,β-unsaturated/α-hetero) is 1. The van der Waals surface area contributed by atoms with E-state index in [0.717, 1.165) is 68.3 Å². The number of nitrogens with zero attached hydrogens (tertiary/aromatic N) is 2. The molecule has 0 aromatic carbocycles. The van der Waals surface area contributed by atoms with Crippen molar-refractivity contribution in [3.05, 3.63) is 34.7 Å². The number of hydrogen-bond acceptors (Lipinski definition) is 3. The van der Waals surface area contributed by atoms with E-state index in [2.05, 4.69) is 44.9 Å². The van der Waals surface area contributed by atoms with Crippen molar-refractivity contribution in [3.8, 4) is 0 Å². The van der Waals surface area contributed by atoms with E-state index in [1.54, 1.807) is 0 Å². The Hall–Kier alpha value is -1.68. The van der Waals surface area contributed by atoms with Gasteiger partial charge < -0.3 is 5.11 Å². The fourth-order valence-corrected chi connectivity index (χ4v) is 7.55.